The summed E-state index contributed by atoms with van der Waals surface area (Å²) in [6, 6.07) is 6.99. The molecule has 0 saturated heterocycles. The first kappa shape index (κ1) is 21.1. The molecule has 11 heteroatoms. The fraction of sp³-hybridized carbons (Fsp3) is 0.438. The summed E-state index contributed by atoms with van der Waals surface area (Å²) in [5.74, 6) is 0.936. The second-order valence-electron chi connectivity index (χ2n) is 6.50. The van der Waals surface area contributed by atoms with Crippen LogP contribution in [-0.4, -0.2) is 44.8 Å². The molecule has 1 amide bonds. The third-order valence-corrected chi connectivity index (χ3v) is 5.91. The SMILES string of the molecule is COc1cccc(OCCNS(=O)(=O)c2nnc(NC(=O)C(C)(C)C)s2)c1. The van der Waals surface area contributed by atoms with Crippen molar-refractivity contribution in [3.05, 3.63) is 24.3 Å². The van der Waals surface area contributed by atoms with Gasteiger partial charge in [0.15, 0.2) is 0 Å². The van der Waals surface area contributed by atoms with Crippen LogP contribution in [0, 0.1) is 5.41 Å². The molecule has 0 radical (unpaired) electrons. The Morgan fingerprint density at radius 3 is 2.59 bits per heavy atom. The summed E-state index contributed by atoms with van der Waals surface area (Å²) in [6.07, 6.45) is 0. The van der Waals surface area contributed by atoms with Gasteiger partial charge in [-0.2, -0.15) is 0 Å². The smallest absolute Gasteiger partial charge is 0.269 e. The van der Waals surface area contributed by atoms with E-state index >= 15 is 0 Å². The van der Waals surface area contributed by atoms with Crippen LogP contribution in [0.4, 0.5) is 5.13 Å². The van der Waals surface area contributed by atoms with Gasteiger partial charge in [0.25, 0.3) is 10.0 Å². The zero-order valence-corrected chi connectivity index (χ0v) is 17.1. The predicted octanol–water partition coefficient (Wildman–Crippen LogP) is 1.89. The van der Waals surface area contributed by atoms with Gasteiger partial charge in [0.05, 0.1) is 7.11 Å². The molecule has 2 rings (SSSR count). The quantitative estimate of drug-likeness (QED) is 0.500. The molecule has 148 valence electrons. The van der Waals surface area contributed by atoms with Crippen LogP contribution in [0.5, 0.6) is 11.5 Å². The number of carbonyl (C=O) groups excluding carboxylic acids is 1. The van der Waals surface area contributed by atoms with Crippen molar-refractivity contribution < 1.29 is 22.7 Å². The van der Waals surface area contributed by atoms with Gasteiger partial charge in [-0.3, -0.25) is 4.79 Å². The highest BCUT2D eigenvalue weighted by Crippen LogP contribution is 2.23. The number of amides is 1. The van der Waals surface area contributed by atoms with E-state index in [-0.39, 0.29) is 28.5 Å². The molecule has 0 fully saturated rings. The van der Waals surface area contributed by atoms with E-state index in [4.69, 9.17) is 9.47 Å². The molecule has 1 aromatic carbocycles. The van der Waals surface area contributed by atoms with Crippen molar-refractivity contribution >= 4 is 32.4 Å². The first-order chi connectivity index (χ1) is 12.6. The minimum Gasteiger partial charge on any atom is -0.497 e. The van der Waals surface area contributed by atoms with E-state index in [0.29, 0.717) is 11.5 Å². The molecule has 1 heterocycles. The largest absolute Gasteiger partial charge is 0.497 e. The molecule has 0 aliphatic rings. The summed E-state index contributed by atoms with van der Waals surface area (Å²) < 4.78 is 37.2. The van der Waals surface area contributed by atoms with Gasteiger partial charge in [0, 0.05) is 18.0 Å². The number of aromatic nitrogens is 2. The third kappa shape index (κ3) is 6.15. The first-order valence-electron chi connectivity index (χ1n) is 8.03. The van der Waals surface area contributed by atoms with E-state index in [9.17, 15) is 13.2 Å². The predicted molar refractivity (Wildman–Crippen MR) is 102 cm³/mol. The molecule has 0 saturated carbocycles. The van der Waals surface area contributed by atoms with Crippen LogP contribution in [0.3, 0.4) is 0 Å². The molecule has 1 aromatic heterocycles. The maximum atomic E-state index is 12.2. The van der Waals surface area contributed by atoms with Crippen LogP contribution in [0.15, 0.2) is 28.6 Å². The number of anilines is 1. The molecule has 0 spiro atoms. The Hall–Kier alpha value is -2.24. The second-order valence-corrected chi connectivity index (χ2v) is 9.42. The topological polar surface area (TPSA) is 120 Å². The number of benzene rings is 1. The van der Waals surface area contributed by atoms with Crippen molar-refractivity contribution in [3.63, 3.8) is 0 Å². The van der Waals surface area contributed by atoms with E-state index in [0.717, 1.165) is 11.3 Å². The highest BCUT2D eigenvalue weighted by atomic mass is 32.2. The van der Waals surface area contributed by atoms with Gasteiger partial charge in [-0.1, -0.05) is 38.2 Å². The zero-order chi connectivity index (χ0) is 20.1. The fourth-order valence-corrected chi connectivity index (χ4v) is 3.70. The highest BCUT2D eigenvalue weighted by Gasteiger charge is 2.25. The molecule has 2 N–H and O–H groups in total. The number of carbonyl (C=O) groups is 1. The minimum absolute atomic E-state index is 0.0445. The number of methoxy groups -OCH3 is 1. The van der Waals surface area contributed by atoms with Crippen LogP contribution in [-0.2, 0) is 14.8 Å². The number of nitrogens with zero attached hydrogens (tertiary/aromatic N) is 2. The number of ether oxygens (including phenoxy) is 2. The fourth-order valence-electron chi connectivity index (χ4n) is 1.75. The van der Waals surface area contributed by atoms with Crippen molar-refractivity contribution in [2.24, 2.45) is 5.41 Å². The average molecular weight is 415 g/mol. The van der Waals surface area contributed by atoms with Crippen LogP contribution < -0.4 is 19.5 Å². The Balaban J connectivity index is 1.88. The molecule has 0 aliphatic heterocycles. The van der Waals surface area contributed by atoms with E-state index in [2.05, 4.69) is 20.2 Å². The van der Waals surface area contributed by atoms with Gasteiger partial charge in [0.1, 0.15) is 18.1 Å². The summed E-state index contributed by atoms with van der Waals surface area (Å²) in [6.45, 7) is 5.39. The van der Waals surface area contributed by atoms with Crippen LogP contribution in [0.2, 0.25) is 0 Å². The van der Waals surface area contributed by atoms with Crippen molar-refractivity contribution in [1.29, 1.82) is 0 Å². The Kier molecular flexibility index (Phi) is 6.73. The maximum Gasteiger partial charge on any atom is 0.269 e. The maximum absolute atomic E-state index is 12.2. The van der Waals surface area contributed by atoms with E-state index in [1.165, 1.54) is 0 Å². The Morgan fingerprint density at radius 2 is 1.93 bits per heavy atom. The van der Waals surface area contributed by atoms with Crippen molar-refractivity contribution in [2.75, 3.05) is 25.6 Å². The number of rotatable bonds is 8. The van der Waals surface area contributed by atoms with Gasteiger partial charge in [-0.05, 0) is 12.1 Å². The Labute approximate surface area is 162 Å². The van der Waals surface area contributed by atoms with Gasteiger partial charge < -0.3 is 14.8 Å². The Morgan fingerprint density at radius 1 is 1.22 bits per heavy atom. The molecule has 27 heavy (non-hydrogen) atoms. The lowest BCUT2D eigenvalue weighted by Crippen LogP contribution is -2.28. The molecule has 0 aliphatic carbocycles. The average Bonchev–Trinajstić information content (AvgIpc) is 3.07. The molecule has 2 aromatic rings. The molecule has 0 unspecified atom stereocenters. The van der Waals surface area contributed by atoms with Crippen molar-refractivity contribution in [3.8, 4) is 11.5 Å². The monoisotopic (exact) mass is 414 g/mol. The summed E-state index contributed by atoms with van der Waals surface area (Å²) in [4.78, 5) is 11.9. The van der Waals surface area contributed by atoms with Gasteiger partial charge in [-0.15, -0.1) is 10.2 Å². The summed E-state index contributed by atoms with van der Waals surface area (Å²) in [5, 5.41) is 10.0. The van der Waals surface area contributed by atoms with Crippen molar-refractivity contribution in [2.45, 2.75) is 25.1 Å². The lowest BCUT2D eigenvalue weighted by molar-refractivity contribution is -0.123. The second kappa shape index (κ2) is 8.63. The zero-order valence-electron chi connectivity index (χ0n) is 15.5. The number of nitrogens with one attached hydrogen (secondary N) is 2. The van der Waals surface area contributed by atoms with E-state index < -0.39 is 15.4 Å². The molecule has 0 atom stereocenters. The lowest BCUT2D eigenvalue weighted by Gasteiger charge is -2.15. The van der Waals surface area contributed by atoms with Crippen LogP contribution >= 0.6 is 11.3 Å². The first-order valence-corrected chi connectivity index (χ1v) is 10.3. The van der Waals surface area contributed by atoms with Crippen LogP contribution in [0.1, 0.15) is 20.8 Å². The summed E-state index contributed by atoms with van der Waals surface area (Å²) in [7, 11) is -2.29. The Bertz CT molecular complexity index is 890. The van der Waals surface area contributed by atoms with Crippen LogP contribution in [0.25, 0.3) is 0 Å². The van der Waals surface area contributed by atoms with Gasteiger partial charge in [0.2, 0.25) is 15.4 Å². The third-order valence-electron chi connectivity index (χ3n) is 3.24. The molecular weight excluding hydrogens is 392 g/mol. The highest BCUT2D eigenvalue weighted by molar-refractivity contribution is 7.91. The summed E-state index contributed by atoms with van der Waals surface area (Å²) in [5.41, 5.74) is -0.625. The number of hydrogen-bond acceptors (Lipinski definition) is 8. The molecule has 9 nitrogen and oxygen atoms in total. The molecule has 0 bridgehead atoms. The standard InChI is InChI=1S/C16H22N4O5S2/c1-16(2,3)13(21)18-14-19-20-15(26-14)27(22,23)17-8-9-25-12-7-5-6-11(10-12)24-4/h5-7,10,17H,8-9H2,1-4H3,(H,18,19,21). The number of hydrogen-bond donors (Lipinski definition) is 2. The van der Waals surface area contributed by atoms with Gasteiger partial charge >= 0.3 is 0 Å². The van der Waals surface area contributed by atoms with Crippen molar-refractivity contribution in [1.82, 2.24) is 14.9 Å². The van der Waals surface area contributed by atoms with E-state index in [1.54, 1.807) is 52.1 Å². The number of sulfonamides is 1. The molecular formula is C16H22N4O5S2. The van der Waals surface area contributed by atoms with Gasteiger partial charge in [-0.25, -0.2) is 13.1 Å². The normalized spacial score (nSPS) is 11.9. The minimum atomic E-state index is -3.84. The summed E-state index contributed by atoms with van der Waals surface area (Å²) >= 11 is 0.782. The van der Waals surface area contributed by atoms with E-state index in [1.807, 2.05) is 0 Å². The lowest BCUT2D eigenvalue weighted by atomic mass is 9.96.